The molecule has 32 heavy (non-hydrogen) atoms. The second-order valence-electron chi connectivity index (χ2n) is 10.0. The third kappa shape index (κ3) is 5.74. The largest absolute Gasteiger partial charge is 0.374 e. The highest BCUT2D eigenvalue weighted by atomic mass is 32.5. The number of hydrogen-bond acceptors (Lipinski definition) is 9. The molecule has 0 aliphatic carbocycles. The minimum Gasteiger partial charge on any atom is -0.374 e. The number of aromatic amines is 1. The van der Waals surface area contributed by atoms with Crippen molar-refractivity contribution in [1.82, 2.24) is 19.5 Å². The number of ether oxygens (including phenoxy) is 2. The zero-order chi connectivity index (χ0) is 24.1. The first-order chi connectivity index (χ1) is 14.6. The third-order valence-electron chi connectivity index (χ3n) is 4.74. The van der Waals surface area contributed by atoms with Crippen molar-refractivity contribution in [3.8, 4) is 0 Å². The molecule has 0 amide bonds. The number of H-pyrrole nitrogens is 1. The highest BCUT2D eigenvalue weighted by molar-refractivity contribution is 8.07. The molecule has 3 heterocycles. The van der Waals surface area contributed by atoms with Crippen molar-refractivity contribution in [2.24, 2.45) is 5.41 Å². The summed E-state index contributed by atoms with van der Waals surface area (Å²) in [6.07, 6.45) is -0.637. The third-order valence-corrected chi connectivity index (χ3v) is 6.51. The van der Waals surface area contributed by atoms with Gasteiger partial charge in [-0.3, -0.25) is 18.9 Å². The Balaban J connectivity index is 2.02. The van der Waals surface area contributed by atoms with Crippen LogP contribution < -0.4 is 11.3 Å². The molecule has 180 valence electrons. The average molecular weight is 490 g/mol. The van der Waals surface area contributed by atoms with Gasteiger partial charge in [-0.25, -0.2) is 4.98 Å². The smallest absolute Gasteiger partial charge is 0.325 e. The molecule has 3 unspecified atom stereocenters. The highest BCUT2D eigenvalue weighted by Crippen LogP contribution is 2.52. The zero-order valence-electron chi connectivity index (χ0n) is 19.4. The Bertz CT molecular complexity index is 1070. The van der Waals surface area contributed by atoms with Crippen LogP contribution in [0, 0.1) is 5.41 Å². The van der Waals surface area contributed by atoms with E-state index in [2.05, 4.69) is 35.7 Å². The number of rotatable bonds is 6. The molecular formula is C19H32N5O6PS. The molecule has 0 saturated carbocycles. The van der Waals surface area contributed by atoms with E-state index < -0.39 is 42.4 Å². The van der Waals surface area contributed by atoms with Crippen molar-refractivity contribution < 1.29 is 23.4 Å². The minimum atomic E-state index is -3.63. The molecule has 0 spiro atoms. The fraction of sp³-hybridized carbons (Fsp3) is 0.737. The first kappa shape index (κ1) is 25.2. The molecule has 13 heteroatoms. The number of nitrogens with two attached hydrogens (primary N) is 1. The molecule has 0 aromatic carbocycles. The molecular weight excluding hydrogens is 457 g/mol. The zero-order valence-corrected chi connectivity index (χ0v) is 21.1. The fourth-order valence-corrected chi connectivity index (χ4v) is 6.00. The Hall–Kier alpha value is -1.40. The number of imidazole rings is 1. The number of nitrogen functional groups attached to an aromatic ring is 1. The Morgan fingerprint density at radius 2 is 1.97 bits per heavy atom. The van der Waals surface area contributed by atoms with Crippen LogP contribution in [0.5, 0.6) is 0 Å². The van der Waals surface area contributed by atoms with Crippen molar-refractivity contribution in [2.75, 3.05) is 12.8 Å². The summed E-state index contributed by atoms with van der Waals surface area (Å²) in [5, 5.41) is 0. The van der Waals surface area contributed by atoms with Gasteiger partial charge in [0.1, 0.15) is 12.2 Å². The quantitative estimate of drug-likeness (QED) is 0.517. The molecule has 1 aliphatic heterocycles. The fourth-order valence-electron chi connectivity index (χ4n) is 3.73. The number of methoxy groups -OCH3 is 1. The molecule has 1 aliphatic rings. The van der Waals surface area contributed by atoms with Gasteiger partial charge in [-0.15, -0.1) is 0 Å². The van der Waals surface area contributed by atoms with Gasteiger partial charge in [0.2, 0.25) is 5.95 Å². The average Bonchev–Trinajstić information content (AvgIpc) is 3.12. The van der Waals surface area contributed by atoms with Gasteiger partial charge < -0.3 is 24.6 Å². The Morgan fingerprint density at radius 1 is 1.31 bits per heavy atom. The lowest BCUT2D eigenvalue weighted by Crippen LogP contribution is -2.37. The van der Waals surface area contributed by atoms with E-state index in [9.17, 15) is 9.69 Å². The van der Waals surface area contributed by atoms with Crippen LogP contribution >= 0.6 is 6.72 Å². The van der Waals surface area contributed by atoms with Crippen molar-refractivity contribution in [3.05, 3.63) is 16.7 Å². The first-order valence-electron chi connectivity index (χ1n) is 10.2. The van der Waals surface area contributed by atoms with E-state index in [1.165, 1.54) is 13.4 Å². The van der Waals surface area contributed by atoms with Crippen LogP contribution in [0.1, 0.15) is 54.2 Å². The van der Waals surface area contributed by atoms with Crippen LogP contribution in [0.15, 0.2) is 11.1 Å². The standard InChI is InChI=1S/C19H32N5O6PS/c1-18(2,3)8-10-12(29-31(26,32)30-19(4,5)6)13(27-7)16(28-10)24-9-21-11-14(24)22-17(20)23-15(11)25/h9-10,12-13,16H,8H2,1-7H3,(H,26,32)(H3,20,22,23,25)/t10-,12?,13?,16-,31?/m1/s1. The van der Waals surface area contributed by atoms with Crippen LogP contribution in [-0.4, -0.2) is 55.4 Å². The minimum absolute atomic E-state index is 0.0420. The van der Waals surface area contributed by atoms with Crippen molar-refractivity contribution in [2.45, 2.75) is 78.1 Å². The van der Waals surface area contributed by atoms with E-state index in [1.54, 1.807) is 25.3 Å². The van der Waals surface area contributed by atoms with Crippen LogP contribution in [-0.2, 0) is 30.3 Å². The summed E-state index contributed by atoms with van der Waals surface area (Å²) in [5.41, 5.74) is 4.83. The van der Waals surface area contributed by atoms with Gasteiger partial charge in [-0.05, 0) is 44.4 Å². The summed E-state index contributed by atoms with van der Waals surface area (Å²) in [7, 11) is 1.51. The van der Waals surface area contributed by atoms with Gasteiger partial charge in [0.15, 0.2) is 17.4 Å². The summed E-state index contributed by atoms with van der Waals surface area (Å²) in [6.45, 7) is 7.93. The van der Waals surface area contributed by atoms with Gasteiger partial charge in [0.25, 0.3) is 5.56 Å². The summed E-state index contributed by atoms with van der Waals surface area (Å²) in [6, 6.07) is 0. The Morgan fingerprint density at radius 3 is 2.53 bits per heavy atom. The number of fused-ring (bicyclic) bond motifs is 1. The van der Waals surface area contributed by atoms with E-state index in [4.69, 9.17) is 36.1 Å². The molecule has 0 bridgehead atoms. The van der Waals surface area contributed by atoms with E-state index in [0.29, 0.717) is 6.42 Å². The number of nitrogens with zero attached hydrogens (tertiary/aromatic N) is 3. The highest BCUT2D eigenvalue weighted by Gasteiger charge is 2.50. The van der Waals surface area contributed by atoms with Crippen LogP contribution in [0.3, 0.4) is 0 Å². The number of anilines is 1. The molecule has 1 saturated heterocycles. The van der Waals surface area contributed by atoms with Gasteiger partial charge >= 0.3 is 6.72 Å². The predicted octanol–water partition coefficient (Wildman–Crippen LogP) is 2.47. The summed E-state index contributed by atoms with van der Waals surface area (Å²) >= 11 is 5.29. The number of hydrogen-bond donors (Lipinski definition) is 3. The summed E-state index contributed by atoms with van der Waals surface area (Å²) in [5.74, 6) is -0.0420. The molecule has 2 aromatic rings. The van der Waals surface area contributed by atoms with Crippen molar-refractivity contribution in [3.63, 3.8) is 0 Å². The van der Waals surface area contributed by atoms with Gasteiger partial charge in [-0.2, -0.15) is 4.98 Å². The maximum Gasteiger partial charge on any atom is 0.325 e. The number of aromatic nitrogens is 4. The second-order valence-corrected chi connectivity index (χ2v) is 12.8. The molecule has 2 aromatic heterocycles. The van der Waals surface area contributed by atoms with Gasteiger partial charge in [0, 0.05) is 7.11 Å². The molecule has 3 rings (SSSR count). The van der Waals surface area contributed by atoms with Gasteiger partial charge in [-0.1, -0.05) is 20.8 Å². The Labute approximate surface area is 191 Å². The van der Waals surface area contributed by atoms with E-state index in [1.807, 2.05) is 0 Å². The van der Waals surface area contributed by atoms with E-state index >= 15 is 0 Å². The van der Waals surface area contributed by atoms with E-state index in [0.717, 1.165) is 0 Å². The maximum atomic E-state index is 12.2. The molecule has 0 radical (unpaired) electrons. The van der Waals surface area contributed by atoms with Gasteiger partial charge in [0.05, 0.1) is 18.0 Å². The molecule has 1 fully saturated rings. The second kappa shape index (κ2) is 8.75. The number of nitrogens with one attached hydrogen (secondary N) is 1. The Kier molecular flexibility index (Phi) is 6.90. The lowest BCUT2D eigenvalue weighted by molar-refractivity contribution is -0.0549. The monoisotopic (exact) mass is 489 g/mol. The molecule has 11 nitrogen and oxygen atoms in total. The van der Waals surface area contributed by atoms with Crippen LogP contribution in [0.4, 0.5) is 5.95 Å². The van der Waals surface area contributed by atoms with Crippen LogP contribution in [0.25, 0.3) is 11.2 Å². The van der Waals surface area contributed by atoms with E-state index in [-0.39, 0.29) is 22.5 Å². The summed E-state index contributed by atoms with van der Waals surface area (Å²) in [4.78, 5) is 33.8. The topological polar surface area (TPSA) is 147 Å². The molecule has 4 N–H and O–H groups in total. The lowest BCUT2D eigenvalue weighted by atomic mass is 9.87. The lowest BCUT2D eigenvalue weighted by Gasteiger charge is -2.32. The van der Waals surface area contributed by atoms with Crippen LogP contribution in [0.2, 0.25) is 0 Å². The predicted molar refractivity (Wildman–Crippen MR) is 124 cm³/mol. The SMILES string of the molecule is COC1C(OP(O)(=S)OC(C)(C)C)[C@@H](CC(C)(C)C)O[C@H]1n1cnc2c(=O)[nH]c(N)nc21. The maximum absolute atomic E-state index is 12.2. The van der Waals surface area contributed by atoms with Crippen molar-refractivity contribution in [1.29, 1.82) is 0 Å². The first-order valence-corrected chi connectivity index (χ1v) is 12.8. The summed E-state index contributed by atoms with van der Waals surface area (Å²) < 4.78 is 25.3. The normalized spacial score (nSPS) is 26.5. The van der Waals surface area contributed by atoms with Crippen molar-refractivity contribution >= 4 is 35.6 Å². The molecule has 5 atom stereocenters.